The maximum Gasteiger partial charge on any atom is 0.0241 e. The minimum atomic E-state index is 0.592. The van der Waals surface area contributed by atoms with Crippen molar-refractivity contribution >= 4 is 0 Å². The monoisotopic (exact) mass is 218 g/mol. The second-order valence-electron chi connectivity index (χ2n) is 4.79. The van der Waals surface area contributed by atoms with Crippen molar-refractivity contribution in [1.82, 2.24) is 10.2 Å². The van der Waals surface area contributed by atoms with Gasteiger partial charge in [-0.25, -0.2) is 0 Å². The van der Waals surface area contributed by atoms with E-state index in [0.717, 1.165) is 26.2 Å². The molecule has 0 amide bonds. The summed E-state index contributed by atoms with van der Waals surface area (Å²) >= 11 is 0. The smallest absolute Gasteiger partial charge is 0.0241 e. The van der Waals surface area contributed by atoms with Crippen LogP contribution in [0.15, 0.2) is 24.3 Å². The highest BCUT2D eigenvalue weighted by Gasteiger charge is 2.19. The van der Waals surface area contributed by atoms with Gasteiger partial charge in [-0.2, -0.15) is 0 Å². The van der Waals surface area contributed by atoms with E-state index in [0.29, 0.717) is 6.04 Å². The lowest BCUT2D eigenvalue weighted by Crippen LogP contribution is -2.37. The first-order chi connectivity index (χ1) is 7.79. The molecule has 0 fully saturated rings. The standard InChI is InChI=1S/C14H22N2/c1-3-8-15-12(2)9-16-10-13-6-4-5-7-14(13)11-16/h4-7,12,15H,3,8-11H2,1-2H3. The average molecular weight is 218 g/mol. The molecule has 1 aromatic carbocycles. The zero-order chi connectivity index (χ0) is 11.4. The molecule has 88 valence electrons. The van der Waals surface area contributed by atoms with Crippen LogP contribution in [0, 0.1) is 0 Å². The summed E-state index contributed by atoms with van der Waals surface area (Å²) in [6.07, 6.45) is 1.21. The molecule has 0 saturated heterocycles. The van der Waals surface area contributed by atoms with Crippen LogP contribution >= 0.6 is 0 Å². The third kappa shape index (κ3) is 2.83. The van der Waals surface area contributed by atoms with E-state index in [9.17, 15) is 0 Å². The Bertz CT molecular complexity index is 310. The molecule has 1 aliphatic rings. The van der Waals surface area contributed by atoms with Crippen molar-refractivity contribution in [2.75, 3.05) is 13.1 Å². The molecule has 1 N–H and O–H groups in total. The van der Waals surface area contributed by atoms with Crippen LogP contribution in [0.1, 0.15) is 31.4 Å². The van der Waals surface area contributed by atoms with Gasteiger partial charge in [0, 0.05) is 25.7 Å². The molecule has 16 heavy (non-hydrogen) atoms. The van der Waals surface area contributed by atoms with Crippen molar-refractivity contribution in [3.8, 4) is 0 Å². The lowest BCUT2D eigenvalue weighted by atomic mass is 10.1. The Morgan fingerprint density at radius 3 is 2.44 bits per heavy atom. The zero-order valence-electron chi connectivity index (χ0n) is 10.4. The van der Waals surface area contributed by atoms with E-state index < -0.39 is 0 Å². The van der Waals surface area contributed by atoms with Crippen molar-refractivity contribution in [2.24, 2.45) is 0 Å². The Balaban J connectivity index is 1.82. The fourth-order valence-corrected chi connectivity index (χ4v) is 2.38. The van der Waals surface area contributed by atoms with Gasteiger partial charge in [-0.3, -0.25) is 4.90 Å². The summed E-state index contributed by atoms with van der Waals surface area (Å²) in [5.74, 6) is 0. The molecule has 1 unspecified atom stereocenters. The van der Waals surface area contributed by atoms with Gasteiger partial charge in [0.2, 0.25) is 0 Å². The number of benzene rings is 1. The molecule has 2 heteroatoms. The predicted molar refractivity (Wildman–Crippen MR) is 68.3 cm³/mol. The van der Waals surface area contributed by atoms with E-state index >= 15 is 0 Å². The number of hydrogen-bond acceptors (Lipinski definition) is 2. The van der Waals surface area contributed by atoms with Crippen molar-refractivity contribution in [1.29, 1.82) is 0 Å². The van der Waals surface area contributed by atoms with Crippen LogP contribution in [0.25, 0.3) is 0 Å². The largest absolute Gasteiger partial charge is 0.313 e. The van der Waals surface area contributed by atoms with E-state index in [1.54, 1.807) is 0 Å². The van der Waals surface area contributed by atoms with Crippen LogP contribution in [-0.4, -0.2) is 24.0 Å². The Kier molecular flexibility index (Phi) is 3.97. The molecule has 2 nitrogen and oxygen atoms in total. The Hall–Kier alpha value is -0.860. The van der Waals surface area contributed by atoms with Crippen molar-refractivity contribution in [2.45, 2.75) is 39.4 Å². The van der Waals surface area contributed by atoms with E-state index in [4.69, 9.17) is 0 Å². The highest BCUT2D eigenvalue weighted by molar-refractivity contribution is 5.30. The summed E-state index contributed by atoms with van der Waals surface area (Å²) in [6, 6.07) is 9.37. The highest BCUT2D eigenvalue weighted by Crippen LogP contribution is 2.21. The Labute approximate surface area is 98.7 Å². The molecular weight excluding hydrogens is 196 g/mol. The fourth-order valence-electron chi connectivity index (χ4n) is 2.38. The van der Waals surface area contributed by atoms with Crippen LogP contribution in [0.5, 0.6) is 0 Å². The van der Waals surface area contributed by atoms with Gasteiger partial charge in [-0.15, -0.1) is 0 Å². The first kappa shape index (κ1) is 11.6. The molecule has 0 radical (unpaired) electrons. The van der Waals surface area contributed by atoms with Gasteiger partial charge in [0.1, 0.15) is 0 Å². The van der Waals surface area contributed by atoms with E-state index in [2.05, 4.69) is 48.3 Å². The molecule has 0 spiro atoms. The topological polar surface area (TPSA) is 15.3 Å². The Morgan fingerprint density at radius 2 is 1.88 bits per heavy atom. The summed E-state index contributed by atoms with van der Waals surface area (Å²) in [4.78, 5) is 2.53. The van der Waals surface area contributed by atoms with Crippen molar-refractivity contribution in [3.05, 3.63) is 35.4 Å². The normalized spacial score (nSPS) is 17.4. The lowest BCUT2D eigenvalue weighted by molar-refractivity contribution is 0.254. The zero-order valence-corrected chi connectivity index (χ0v) is 10.4. The molecule has 0 aromatic heterocycles. The van der Waals surface area contributed by atoms with Gasteiger partial charge < -0.3 is 5.32 Å². The lowest BCUT2D eigenvalue weighted by Gasteiger charge is -2.21. The predicted octanol–water partition coefficient (Wildman–Crippen LogP) is 2.39. The third-order valence-electron chi connectivity index (χ3n) is 3.18. The number of hydrogen-bond donors (Lipinski definition) is 1. The SMILES string of the molecule is CCCNC(C)CN1Cc2ccccc2C1. The van der Waals surface area contributed by atoms with Gasteiger partial charge in [-0.05, 0) is 31.0 Å². The molecule has 1 aromatic rings. The van der Waals surface area contributed by atoms with E-state index in [1.165, 1.54) is 17.5 Å². The summed E-state index contributed by atoms with van der Waals surface area (Å²) < 4.78 is 0. The van der Waals surface area contributed by atoms with Crippen LogP contribution in [0.2, 0.25) is 0 Å². The first-order valence-electron chi connectivity index (χ1n) is 6.32. The van der Waals surface area contributed by atoms with Gasteiger partial charge in [-0.1, -0.05) is 31.2 Å². The summed E-state index contributed by atoms with van der Waals surface area (Å²) in [7, 11) is 0. The number of rotatable bonds is 5. The quantitative estimate of drug-likeness (QED) is 0.816. The van der Waals surface area contributed by atoms with Crippen LogP contribution in [-0.2, 0) is 13.1 Å². The number of nitrogens with one attached hydrogen (secondary N) is 1. The molecular formula is C14H22N2. The van der Waals surface area contributed by atoms with E-state index in [1.807, 2.05) is 0 Å². The number of fused-ring (bicyclic) bond motifs is 1. The van der Waals surface area contributed by atoms with Crippen molar-refractivity contribution in [3.63, 3.8) is 0 Å². The van der Waals surface area contributed by atoms with Crippen LogP contribution in [0.4, 0.5) is 0 Å². The third-order valence-corrected chi connectivity index (χ3v) is 3.18. The second kappa shape index (κ2) is 5.46. The van der Waals surface area contributed by atoms with Crippen LogP contribution in [0.3, 0.4) is 0 Å². The van der Waals surface area contributed by atoms with Crippen molar-refractivity contribution < 1.29 is 0 Å². The Morgan fingerprint density at radius 1 is 1.25 bits per heavy atom. The maximum absolute atomic E-state index is 3.54. The fraction of sp³-hybridized carbons (Fsp3) is 0.571. The molecule has 1 aliphatic heterocycles. The minimum Gasteiger partial charge on any atom is -0.313 e. The van der Waals surface area contributed by atoms with Gasteiger partial charge in [0.25, 0.3) is 0 Å². The minimum absolute atomic E-state index is 0.592. The molecule has 0 saturated carbocycles. The van der Waals surface area contributed by atoms with Gasteiger partial charge in [0.15, 0.2) is 0 Å². The highest BCUT2D eigenvalue weighted by atomic mass is 15.2. The molecule has 1 atom stereocenters. The average Bonchev–Trinajstić information content (AvgIpc) is 2.68. The molecule has 0 aliphatic carbocycles. The summed E-state index contributed by atoms with van der Waals surface area (Å²) in [6.45, 7) is 9.00. The van der Waals surface area contributed by atoms with E-state index in [-0.39, 0.29) is 0 Å². The summed E-state index contributed by atoms with van der Waals surface area (Å²) in [5.41, 5.74) is 3.01. The molecule has 2 rings (SSSR count). The van der Waals surface area contributed by atoms with Crippen LogP contribution < -0.4 is 5.32 Å². The first-order valence-corrected chi connectivity index (χ1v) is 6.32. The van der Waals surface area contributed by atoms with Gasteiger partial charge in [0.05, 0.1) is 0 Å². The molecule has 1 heterocycles. The number of nitrogens with zero attached hydrogens (tertiary/aromatic N) is 1. The van der Waals surface area contributed by atoms with Gasteiger partial charge >= 0.3 is 0 Å². The maximum atomic E-state index is 3.54. The molecule has 0 bridgehead atoms. The summed E-state index contributed by atoms with van der Waals surface area (Å²) in [5, 5.41) is 3.54. The second-order valence-corrected chi connectivity index (χ2v) is 4.79.